The number of rotatable bonds is 4. The van der Waals surface area contributed by atoms with Gasteiger partial charge in [-0.1, -0.05) is 0 Å². The van der Waals surface area contributed by atoms with Gasteiger partial charge in [0.15, 0.2) is 11.2 Å². The highest BCUT2D eigenvalue weighted by molar-refractivity contribution is 5.78. The first-order valence-corrected chi connectivity index (χ1v) is 6.74. The molecule has 106 valence electrons. The van der Waals surface area contributed by atoms with Crippen molar-refractivity contribution in [3.05, 3.63) is 27.2 Å². The molecule has 0 atom stereocenters. The summed E-state index contributed by atoms with van der Waals surface area (Å²) >= 11 is 0. The van der Waals surface area contributed by atoms with Crippen LogP contribution in [0.1, 0.15) is 32.7 Å². The van der Waals surface area contributed by atoms with Gasteiger partial charge >= 0.3 is 5.69 Å². The second-order valence-electron chi connectivity index (χ2n) is 5.18. The van der Waals surface area contributed by atoms with E-state index in [0.29, 0.717) is 17.7 Å². The molecule has 0 N–H and O–H groups in total. The summed E-state index contributed by atoms with van der Waals surface area (Å²) in [6.45, 7) is 3.63. The summed E-state index contributed by atoms with van der Waals surface area (Å²) in [5.41, 5.74) is 0.0609. The van der Waals surface area contributed by atoms with Crippen LogP contribution in [0.15, 0.2) is 15.9 Å². The zero-order chi connectivity index (χ0) is 14.4. The summed E-state index contributed by atoms with van der Waals surface area (Å²) in [4.78, 5) is 40.3. The summed E-state index contributed by atoms with van der Waals surface area (Å²) in [7, 11) is 0. The van der Waals surface area contributed by atoms with Gasteiger partial charge in [-0.2, -0.15) is 0 Å². The molecule has 0 unspecified atom stereocenters. The van der Waals surface area contributed by atoms with Crippen LogP contribution in [-0.4, -0.2) is 24.5 Å². The molecule has 2 heterocycles. The number of aromatic nitrogens is 4. The van der Waals surface area contributed by atoms with Gasteiger partial charge in [0, 0.05) is 12.6 Å². The lowest BCUT2D eigenvalue weighted by Gasteiger charge is -2.10. The summed E-state index contributed by atoms with van der Waals surface area (Å²) in [5.74, 6) is -0.0593. The van der Waals surface area contributed by atoms with Gasteiger partial charge in [0.05, 0.1) is 12.9 Å². The minimum Gasteiger partial charge on any atom is -0.317 e. The molecule has 1 saturated carbocycles. The molecule has 7 nitrogen and oxygen atoms in total. The van der Waals surface area contributed by atoms with Crippen molar-refractivity contribution in [1.82, 2.24) is 18.7 Å². The lowest BCUT2D eigenvalue weighted by molar-refractivity contribution is -0.117. The van der Waals surface area contributed by atoms with Crippen LogP contribution >= 0.6 is 0 Å². The predicted octanol–water partition coefficient (Wildman–Crippen LogP) is 0.303. The molecule has 0 spiro atoms. The Kier molecular flexibility index (Phi) is 2.84. The summed E-state index contributed by atoms with van der Waals surface area (Å²) in [6, 6.07) is 0.129. The minimum absolute atomic E-state index is 0.0593. The maximum Gasteiger partial charge on any atom is 0.332 e. The minimum atomic E-state index is -0.372. The molecule has 0 bridgehead atoms. The molecule has 1 aliphatic rings. The third-order valence-corrected chi connectivity index (χ3v) is 3.55. The molecular formula is C13H16N4O3. The first-order chi connectivity index (χ1) is 9.54. The largest absolute Gasteiger partial charge is 0.332 e. The molecule has 3 rings (SSSR count). The standard InChI is InChI=1S/C13H16N4O3/c1-3-16-12(19)10-11(14-7-15(10)6-8(2)18)17(13(16)20)9-4-5-9/h7,9H,3-6H2,1-2H3. The second-order valence-corrected chi connectivity index (χ2v) is 5.18. The van der Waals surface area contributed by atoms with E-state index in [4.69, 9.17) is 0 Å². The van der Waals surface area contributed by atoms with Gasteiger partial charge in [0.2, 0.25) is 0 Å². The Balaban J connectivity index is 2.39. The van der Waals surface area contributed by atoms with Crippen LogP contribution < -0.4 is 11.2 Å². The van der Waals surface area contributed by atoms with Crippen molar-refractivity contribution in [2.75, 3.05) is 0 Å². The van der Waals surface area contributed by atoms with E-state index < -0.39 is 0 Å². The van der Waals surface area contributed by atoms with Crippen molar-refractivity contribution < 1.29 is 4.79 Å². The van der Waals surface area contributed by atoms with Gasteiger partial charge in [0.1, 0.15) is 5.78 Å². The zero-order valence-corrected chi connectivity index (χ0v) is 11.5. The Morgan fingerprint density at radius 3 is 2.65 bits per heavy atom. The number of Topliss-reactive ketones (excluding diaryl/α,β-unsaturated/α-hetero) is 1. The van der Waals surface area contributed by atoms with E-state index in [0.717, 1.165) is 12.8 Å². The smallest absolute Gasteiger partial charge is 0.317 e. The third-order valence-electron chi connectivity index (χ3n) is 3.55. The van der Waals surface area contributed by atoms with E-state index in [1.165, 1.54) is 22.4 Å². The van der Waals surface area contributed by atoms with Gasteiger partial charge in [-0.15, -0.1) is 0 Å². The molecule has 1 aliphatic carbocycles. The molecule has 2 aromatic heterocycles. The van der Waals surface area contributed by atoms with Gasteiger partial charge in [-0.25, -0.2) is 9.78 Å². The maximum atomic E-state index is 12.4. The van der Waals surface area contributed by atoms with Crippen LogP contribution in [0.4, 0.5) is 0 Å². The van der Waals surface area contributed by atoms with E-state index >= 15 is 0 Å². The fraction of sp³-hybridized carbons (Fsp3) is 0.538. The SMILES string of the molecule is CCn1c(=O)c2c(ncn2CC(C)=O)n(C2CC2)c1=O. The van der Waals surface area contributed by atoms with E-state index in [1.807, 2.05) is 0 Å². The molecule has 20 heavy (non-hydrogen) atoms. The average molecular weight is 276 g/mol. The molecule has 0 aliphatic heterocycles. The van der Waals surface area contributed by atoms with E-state index in [1.54, 1.807) is 11.5 Å². The first kappa shape index (κ1) is 12.8. The fourth-order valence-electron chi connectivity index (χ4n) is 2.50. The molecular weight excluding hydrogens is 260 g/mol. The highest BCUT2D eigenvalue weighted by Gasteiger charge is 2.29. The van der Waals surface area contributed by atoms with E-state index in [9.17, 15) is 14.4 Å². The second kappa shape index (κ2) is 4.43. The fourth-order valence-corrected chi connectivity index (χ4v) is 2.50. The highest BCUT2D eigenvalue weighted by Crippen LogP contribution is 2.34. The number of fused-ring (bicyclic) bond motifs is 1. The third kappa shape index (κ3) is 1.81. The molecule has 0 radical (unpaired) electrons. The van der Waals surface area contributed by atoms with Crippen molar-refractivity contribution in [2.45, 2.75) is 45.8 Å². The Hall–Kier alpha value is -2.18. The monoisotopic (exact) mass is 276 g/mol. The van der Waals surface area contributed by atoms with Crippen LogP contribution in [0.25, 0.3) is 11.2 Å². The normalized spacial score (nSPS) is 14.9. The maximum absolute atomic E-state index is 12.4. The van der Waals surface area contributed by atoms with Gasteiger partial charge in [0.25, 0.3) is 5.56 Å². The summed E-state index contributed by atoms with van der Waals surface area (Å²) in [6.07, 6.45) is 3.32. The molecule has 1 fully saturated rings. The Morgan fingerprint density at radius 2 is 2.10 bits per heavy atom. The molecule has 7 heteroatoms. The zero-order valence-electron chi connectivity index (χ0n) is 11.5. The van der Waals surface area contributed by atoms with Crippen LogP contribution in [0.5, 0.6) is 0 Å². The average Bonchev–Trinajstić information content (AvgIpc) is 3.12. The number of hydrogen-bond donors (Lipinski definition) is 0. The van der Waals surface area contributed by atoms with E-state index in [2.05, 4.69) is 4.98 Å². The number of imidazole rings is 1. The first-order valence-electron chi connectivity index (χ1n) is 6.74. The molecule has 0 amide bonds. The van der Waals surface area contributed by atoms with Crippen LogP contribution in [0.2, 0.25) is 0 Å². The van der Waals surface area contributed by atoms with E-state index in [-0.39, 0.29) is 29.6 Å². The molecule has 2 aromatic rings. The summed E-state index contributed by atoms with van der Waals surface area (Å²) < 4.78 is 4.33. The quantitative estimate of drug-likeness (QED) is 0.804. The van der Waals surface area contributed by atoms with Crippen molar-refractivity contribution in [3.63, 3.8) is 0 Å². The highest BCUT2D eigenvalue weighted by atomic mass is 16.2. The number of nitrogens with zero attached hydrogens (tertiary/aromatic N) is 4. The van der Waals surface area contributed by atoms with Crippen molar-refractivity contribution in [2.24, 2.45) is 0 Å². The Labute approximate surface area is 114 Å². The van der Waals surface area contributed by atoms with Crippen molar-refractivity contribution >= 4 is 16.9 Å². The molecule has 0 saturated heterocycles. The topological polar surface area (TPSA) is 78.9 Å². The predicted molar refractivity (Wildman–Crippen MR) is 72.9 cm³/mol. The van der Waals surface area contributed by atoms with Crippen LogP contribution in [0, 0.1) is 0 Å². The van der Waals surface area contributed by atoms with Gasteiger partial charge in [-0.3, -0.25) is 18.7 Å². The van der Waals surface area contributed by atoms with Crippen LogP contribution in [0.3, 0.4) is 0 Å². The number of ketones is 1. The number of carbonyl (C=O) groups excluding carboxylic acids is 1. The number of hydrogen-bond acceptors (Lipinski definition) is 4. The Bertz CT molecular complexity index is 807. The number of carbonyl (C=O) groups is 1. The van der Waals surface area contributed by atoms with Gasteiger partial charge in [-0.05, 0) is 26.7 Å². The lowest BCUT2D eigenvalue weighted by Crippen LogP contribution is -2.40. The van der Waals surface area contributed by atoms with Crippen LogP contribution in [-0.2, 0) is 17.9 Å². The van der Waals surface area contributed by atoms with Crippen molar-refractivity contribution in [1.29, 1.82) is 0 Å². The van der Waals surface area contributed by atoms with Crippen molar-refractivity contribution in [3.8, 4) is 0 Å². The summed E-state index contributed by atoms with van der Waals surface area (Å²) in [5, 5.41) is 0. The lowest BCUT2D eigenvalue weighted by atomic mass is 10.4. The molecule has 0 aromatic carbocycles. The Morgan fingerprint density at radius 1 is 1.40 bits per heavy atom. The van der Waals surface area contributed by atoms with Gasteiger partial charge < -0.3 is 4.57 Å².